The van der Waals surface area contributed by atoms with Crippen LogP contribution in [-0.2, 0) is 9.47 Å². The summed E-state index contributed by atoms with van der Waals surface area (Å²) in [7, 11) is 1.73. The third-order valence-electron chi connectivity index (χ3n) is 3.37. The predicted octanol–water partition coefficient (Wildman–Crippen LogP) is 3.43. The van der Waals surface area contributed by atoms with Gasteiger partial charge < -0.3 is 19.7 Å². The summed E-state index contributed by atoms with van der Waals surface area (Å²) in [6, 6.07) is 0.331. The molecule has 1 unspecified atom stereocenters. The van der Waals surface area contributed by atoms with Gasteiger partial charge in [0.25, 0.3) is 0 Å². The summed E-state index contributed by atoms with van der Waals surface area (Å²) in [5.74, 6) is 0. The fourth-order valence-corrected chi connectivity index (χ4v) is 2.23. The fraction of sp³-hybridized carbons (Fsp3) is 0.941. The molecule has 1 N–H and O–H groups in total. The van der Waals surface area contributed by atoms with Crippen LogP contribution in [-0.4, -0.2) is 55.0 Å². The van der Waals surface area contributed by atoms with Gasteiger partial charge in [-0.1, -0.05) is 6.92 Å². The summed E-state index contributed by atoms with van der Waals surface area (Å²) < 4.78 is 10.9. The number of carbonyl (C=O) groups is 1. The molecule has 0 bridgehead atoms. The molecule has 0 rings (SSSR count). The second kappa shape index (κ2) is 9.36. The first kappa shape index (κ1) is 21.2. The zero-order valence-electron chi connectivity index (χ0n) is 15.8. The molecule has 0 aliphatic rings. The van der Waals surface area contributed by atoms with Crippen molar-refractivity contribution in [3.8, 4) is 0 Å². The van der Waals surface area contributed by atoms with Gasteiger partial charge in [0, 0.05) is 32.8 Å². The molecule has 0 aromatic rings. The lowest BCUT2D eigenvalue weighted by Crippen LogP contribution is -2.43. The van der Waals surface area contributed by atoms with Gasteiger partial charge in [0.2, 0.25) is 0 Å². The number of carbonyl (C=O) groups excluding carboxylic acids is 1. The van der Waals surface area contributed by atoms with Gasteiger partial charge in [0.15, 0.2) is 0 Å². The van der Waals surface area contributed by atoms with Crippen molar-refractivity contribution >= 4 is 6.09 Å². The average molecular weight is 316 g/mol. The van der Waals surface area contributed by atoms with E-state index in [0.717, 1.165) is 19.4 Å². The van der Waals surface area contributed by atoms with E-state index >= 15 is 0 Å². The fourth-order valence-electron chi connectivity index (χ4n) is 2.23. The van der Waals surface area contributed by atoms with Crippen LogP contribution in [0.2, 0.25) is 0 Å². The molecule has 0 aliphatic carbocycles. The lowest BCUT2D eigenvalue weighted by molar-refractivity contribution is 0.00770. The summed E-state index contributed by atoms with van der Waals surface area (Å²) in [6.45, 7) is 16.2. The third kappa shape index (κ3) is 10.0. The molecule has 0 saturated carbocycles. The van der Waals surface area contributed by atoms with Gasteiger partial charge in [-0.2, -0.15) is 0 Å². The molecule has 0 radical (unpaired) electrons. The average Bonchev–Trinajstić information content (AvgIpc) is 2.35. The zero-order valence-corrected chi connectivity index (χ0v) is 15.8. The highest BCUT2D eigenvalue weighted by atomic mass is 16.6. The number of methoxy groups -OCH3 is 1. The van der Waals surface area contributed by atoms with Crippen LogP contribution in [0.4, 0.5) is 4.79 Å². The van der Waals surface area contributed by atoms with E-state index in [2.05, 4.69) is 33.0 Å². The van der Waals surface area contributed by atoms with Crippen LogP contribution < -0.4 is 5.32 Å². The van der Waals surface area contributed by atoms with E-state index in [-0.39, 0.29) is 11.7 Å². The highest BCUT2D eigenvalue weighted by Gasteiger charge is 2.22. The lowest BCUT2D eigenvalue weighted by atomic mass is 10.00. The molecule has 5 heteroatoms. The standard InChI is InChI=1S/C17H36N2O3/c1-9-11-19(15(20)22-16(3,4)5)12-10-18-14(2)13-17(6,7)21-8/h14,18H,9-13H2,1-8H3. The number of ether oxygens (including phenoxy) is 2. The molecule has 1 atom stereocenters. The molecular weight excluding hydrogens is 280 g/mol. The summed E-state index contributed by atoms with van der Waals surface area (Å²) in [6.07, 6.45) is 1.61. The van der Waals surface area contributed by atoms with Crippen LogP contribution >= 0.6 is 0 Å². The molecule has 0 aromatic carbocycles. The molecule has 0 aromatic heterocycles. The Hall–Kier alpha value is -0.810. The molecule has 0 heterocycles. The molecule has 0 aliphatic heterocycles. The maximum absolute atomic E-state index is 12.2. The molecule has 1 amide bonds. The Balaban J connectivity index is 4.28. The summed E-state index contributed by atoms with van der Waals surface area (Å²) in [4.78, 5) is 13.9. The molecule has 5 nitrogen and oxygen atoms in total. The van der Waals surface area contributed by atoms with Crippen LogP contribution in [0.1, 0.15) is 61.3 Å². The van der Waals surface area contributed by atoms with E-state index in [9.17, 15) is 4.79 Å². The Bertz CT molecular complexity index is 324. The second-order valence-electron chi connectivity index (χ2n) is 7.49. The first-order valence-corrected chi connectivity index (χ1v) is 8.27. The zero-order chi connectivity index (χ0) is 17.4. The molecule has 22 heavy (non-hydrogen) atoms. The number of hydrogen-bond donors (Lipinski definition) is 1. The van der Waals surface area contributed by atoms with Crippen LogP contribution in [0.5, 0.6) is 0 Å². The predicted molar refractivity (Wildman–Crippen MR) is 91.3 cm³/mol. The van der Waals surface area contributed by atoms with E-state index in [0.29, 0.717) is 19.1 Å². The molecule has 0 fully saturated rings. The number of nitrogens with zero attached hydrogens (tertiary/aromatic N) is 1. The SMILES string of the molecule is CCCN(CCNC(C)CC(C)(C)OC)C(=O)OC(C)(C)C. The van der Waals surface area contributed by atoms with Gasteiger partial charge in [-0.25, -0.2) is 4.79 Å². The van der Waals surface area contributed by atoms with E-state index in [1.165, 1.54) is 0 Å². The van der Waals surface area contributed by atoms with Gasteiger partial charge in [0.05, 0.1) is 5.60 Å². The van der Waals surface area contributed by atoms with Crippen LogP contribution in [0, 0.1) is 0 Å². The van der Waals surface area contributed by atoms with Gasteiger partial charge in [-0.05, 0) is 54.4 Å². The minimum Gasteiger partial charge on any atom is -0.444 e. The smallest absolute Gasteiger partial charge is 0.410 e. The minimum absolute atomic E-state index is 0.138. The molecule has 0 spiro atoms. The van der Waals surface area contributed by atoms with E-state index < -0.39 is 5.60 Å². The third-order valence-corrected chi connectivity index (χ3v) is 3.37. The maximum atomic E-state index is 12.2. The first-order valence-electron chi connectivity index (χ1n) is 8.27. The largest absolute Gasteiger partial charge is 0.444 e. The number of amides is 1. The van der Waals surface area contributed by atoms with Crippen molar-refractivity contribution in [1.29, 1.82) is 0 Å². The normalized spacial score (nSPS) is 13.8. The lowest BCUT2D eigenvalue weighted by Gasteiger charge is -2.29. The van der Waals surface area contributed by atoms with Crippen molar-refractivity contribution in [2.24, 2.45) is 0 Å². The Morgan fingerprint density at radius 3 is 2.23 bits per heavy atom. The van der Waals surface area contributed by atoms with Crippen molar-refractivity contribution in [3.63, 3.8) is 0 Å². The van der Waals surface area contributed by atoms with E-state index in [1.54, 1.807) is 12.0 Å². The first-order chi connectivity index (χ1) is 10.0. The van der Waals surface area contributed by atoms with Crippen LogP contribution in [0.3, 0.4) is 0 Å². The topological polar surface area (TPSA) is 50.8 Å². The highest BCUT2D eigenvalue weighted by Crippen LogP contribution is 2.15. The van der Waals surface area contributed by atoms with E-state index in [1.807, 2.05) is 20.8 Å². The Kier molecular flexibility index (Phi) is 9.01. The molecule has 132 valence electrons. The van der Waals surface area contributed by atoms with E-state index in [4.69, 9.17) is 9.47 Å². The van der Waals surface area contributed by atoms with Crippen molar-refractivity contribution in [3.05, 3.63) is 0 Å². The van der Waals surface area contributed by atoms with Crippen LogP contribution in [0.15, 0.2) is 0 Å². The van der Waals surface area contributed by atoms with Crippen LogP contribution in [0.25, 0.3) is 0 Å². The Morgan fingerprint density at radius 2 is 1.77 bits per heavy atom. The number of rotatable bonds is 9. The highest BCUT2D eigenvalue weighted by molar-refractivity contribution is 5.68. The van der Waals surface area contributed by atoms with Gasteiger partial charge in [0.1, 0.15) is 5.60 Å². The number of nitrogens with one attached hydrogen (secondary N) is 1. The summed E-state index contributed by atoms with van der Waals surface area (Å²) in [5.41, 5.74) is -0.590. The van der Waals surface area contributed by atoms with Gasteiger partial charge in [-0.15, -0.1) is 0 Å². The van der Waals surface area contributed by atoms with Crippen molar-refractivity contribution in [2.75, 3.05) is 26.7 Å². The molecular formula is C17H36N2O3. The monoisotopic (exact) mass is 316 g/mol. The summed E-state index contributed by atoms with van der Waals surface area (Å²) in [5, 5.41) is 3.45. The minimum atomic E-state index is -0.452. The van der Waals surface area contributed by atoms with Gasteiger partial charge >= 0.3 is 6.09 Å². The Morgan fingerprint density at radius 1 is 1.18 bits per heavy atom. The summed E-state index contributed by atoms with van der Waals surface area (Å²) >= 11 is 0. The van der Waals surface area contributed by atoms with Gasteiger partial charge in [-0.3, -0.25) is 0 Å². The number of hydrogen-bond acceptors (Lipinski definition) is 4. The Labute approximate surface area is 136 Å². The second-order valence-corrected chi connectivity index (χ2v) is 7.49. The van der Waals surface area contributed by atoms with Crippen molar-refractivity contribution in [2.45, 2.75) is 78.6 Å². The van der Waals surface area contributed by atoms with Crippen molar-refractivity contribution in [1.82, 2.24) is 10.2 Å². The quantitative estimate of drug-likeness (QED) is 0.708. The van der Waals surface area contributed by atoms with Crippen molar-refractivity contribution < 1.29 is 14.3 Å². The molecule has 0 saturated heterocycles. The maximum Gasteiger partial charge on any atom is 0.410 e.